The third kappa shape index (κ3) is 4.45. The number of thiophene rings is 1. The number of hydrogen-bond acceptors (Lipinski definition) is 6. The molecule has 1 saturated heterocycles. The molecule has 3 aromatic rings. The molecule has 7 nitrogen and oxygen atoms in total. The van der Waals surface area contributed by atoms with Gasteiger partial charge in [0.25, 0.3) is 5.56 Å². The number of rotatable bonds is 5. The molecule has 3 aromatic heterocycles. The highest BCUT2D eigenvalue weighted by Gasteiger charge is 2.30. The van der Waals surface area contributed by atoms with Crippen molar-refractivity contribution >= 4 is 17.2 Å². The van der Waals surface area contributed by atoms with E-state index in [1.807, 2.05) is 34.0 Å². The first-order valence-electron chi connectivity index (χ1n) is 10.7. The molecular formula is C23H25N5O2S. The summed E-state index contributed by atoms with van der Waals surface area (Å²) in [5, 5.41) is 4.01. The molecule has 1 amide bonds. The van der Waals surface area contributed by atoms with Crippen LogP contribution >= 0.6 is 11.3 Å². The van der Waals surface area contributed by atoms with Crippen LogP contribution in [0, 0.1) is 0 Å². The quantitative estimate of drug-likeness (QED) is 0.665. The lowest BCUT2D eigenvalue weighted by Gasteiger charge is -2.28. The van der Waals surface area contributed by atoms with Crippen molar-refractivity contribution < 1.29 is 4.79 Å². The van der Waals surface area contributed by atoms with Crippen LogP contribution in [0.15, 0.2) is 46.1 Å². The highest BCUT2D eigenvalue weighted by atomic mass is 32.1. The van der Waals surface area contributed by atoms with Gasteiger partial charge in [-0.1, -0.05) is 6.07 Å². The zero-order valence-corrected chi connectivity index (χ0v) is 18.1. The SMILES string of the molecule is O=C(Cc1ccsc1)N1CC[C@H](c2nc3c(c(=O)[nH]2)CCN(Cc2cccnc2)C3)C1. The van der Waals surface area contributed by atoms with Gasteiger partial charge in [-0.15, -0.1) is 0 Å². The minimum atomic E-state index is -0.0240. The van der Waals surface area contributed by atoms with Gasteiger partial charge in [0.05, 0.1) is 12.1 Å². The molecule has 1 fully saturated rings. The topological polar surface area (TPSA) is 82.2 Å². The van der Waals surface area contributed by atoms with Crippen molar-refractivity contribution in [3.05, 3.63) is 79.9 Å². The molecule has 0 spiro atoms. The zero-order chi connectivity index (χ0) is 21.2. The van der Waals surface area contributed by atoms with E-state index >= 15 is 0 Å². The third-order valence-corrected chi connectivity index (χ3v) is 6.89. The number of carbonyl (C=O) groups excluding carboxylic acids is 1. The maximum absolute atomic E-state index is 12.7. The number of carbonyl (C=O) groups is 1. The number of aromatic nitrogens is 3. The molecule has 31 heavy (non-hydrogen) atoms. The van der Waals surface area contributed by atoms with Gasteiger partial charge in [-0.05, 0) is 46.9 Å². The van der Waals surface area contributed by atoms with E-state index in [-0.39, 0.29) is 17.4 Å². The van der Waals surface area contributed by atoms with Crippen LogP contribution < -0.4 is 5.56 Å². The van der Waals surface area contributed by atoms with Crippen molar-refractivity contribution in [2.75, 3.05) is 19.6 Å². The molecule has 0 unspecified atom stereocenters. The molecule has 0 aliphatic carbocycles. The molecule has 160 valence electrons. The van der Waals surface area contributed by atoms with Crippen LogP contribution in [0.4, 0.5) is 0 Å². The Morgan fingerprint density at radius 1 is 1.26 bits per heavy atom. The number of pyridine rings is 1. The van der Waals surface area contributed by atoms with Crippen molar-refractivity contribution in [3.8, 4) is 0 Å². The van der Waals surface area contributed by atoms with Gasteiger partial charge >= 0.3 is 0 Å². The molecule has 0 aromatic carbocycles. The van der Waals surface area contributed by atoms with Crippen LogP contribution in [-0.2, 0) is 30.7 Å². The number of H-pyrrole nitrogens is 1. The van der Waals surface area contributed by atoms with Gasteiger partial charge in [-0.25, -0.2) is 4.98 Å². The summed E-state index contributed by atoms with van der Waals surface area (Å²) in [7, 11) is 0. The average molecular weight is 436 g/mol. The summed E-state index contributed by atoms with van der Waals surface area (Å²) >= 11 is 1.61. The van der Waals surface area contributed by atoms with Crippen LogP contribution in [0.1, 0.15) is 40.5 Å². The van der Waals surface area contributed by atoms with Gasteiger partial charge in [0.1, 0.15) is 5.82 Å². The number of fused-ring (bicyclic) bond motifs is 1. The molecule has 2 aliphatic heterocycles. The largest absolute Gasteiger partial charge is 0.342 e. The predicted octanol–water partition coefficient (Wildman–Crippen LogP) is 2.34. The molecular weight excluding hydrogens is 410 g/mol. The third-order valence-electron chi connectivity index (χ3n) is 6.16. The normalized spacial score (nSPS) is 18.8. The first-order chi connectivity index (χ1) is 15.2. The minimum absolute atomic E-state index is 0.0240. The Bertz CT molecular complexity index is 1110. The summed E-state index contributed by atoms with van der Waals surface area (Å²) in [5.41, 5.74) is 3.87. The lowest BCUT2D eigenvalue weighted by Crippen LogP contribution is -2.36. The van der Waals surface area contributed by atoms with E-state index in [4.69, 9.17) is 4.98 Å². The van der Waals surface area contributed by atoms with Crippen LogP contribution in [0.5, 0.6) is 0 Å². The van der Waals surface area contributed by atoms with E-state index in [1.54, 1.807) is 17.5 Å². The summed E-state index contributed by atoms with van der Waals surface area (Å²) in [6, 6.07) is 6.01. The summed E-state index contributed by atoms with van der Waals surface area (Å²) in [5.74, 6) is 0.944. The maximum Gasteiger partial charge on any atom is 0.254 e. The highest BCUT2D eigenvalue weighted by Crippen LogP contribution is 2.26. The van der Waals surface area contributed by atoms with E-state index in [1.165, 1.54) is 0 Å². The van der Waals surface area contributed by atoms with E-state index in [0.29, 0.717) is 32.5 Å². The number of hydrogen-bond donors (Lipinski definition) is 1. The Morgan fingerprint density at radius 3 is 3.00 bits per heavy atom. The Hall–Kier alpha value is -2.84. The van der Waals surface area contributed by atoms with Crippen molar-refractivity contribution in [2.24, 2.45) is 0 Å². The first-order valence-corrected chi connectivity index (χ1v) is 11.6. The number of nitrogens with one attached hydrogen (secondary N) is 1. The smallest absolute Gasteiger partial charge is 0.254 e. The average Bonchev–Trinajstić information content (AvgIpc) is 3.46. The number of amides is 1. The Morgan fingerprint density at radius 2 is 2.19 bits per heavy atom. The van der Waals surface area contributed by atoms with Crippen molar-refractivity contribution in [1.82, 2.24) is 24.8 Å². The maximum atomic E-state index is 12.7. The van der Waals surface area contributed by atoms with Crippen molar-refractivity contribution in [2.45, 2.75) is 38.3 Å². The van der Waals surface area contributed by atoms with E-state index in [2.05, 4.69) is 20.9 Å². The Kier molecular flexibility index (Phi) is 5.65. The van der Waals surface area contributed by atoms with Gasteiger partial charge < -0.3 is 9.88 Å². The lowest BCUT2D eigenvalue weighted by molar-refractivity contribution is -0.129. The Balaban J connectivity index is 1.28. The van der Waals surface area contributed by atoms with Crippen LogP contribution in [0.25, 0.3) is 0 Å². The monoisotopic (exact) mass is 435 g/mol. The molecule has 5 rings (SSSR count). The second-order valence-corrected chi connectivity index (χ2v) is 9.11. The fraction of sp³-hybridized carbons (Fsp3) is 0.391. The first kappa shape index (κ1) is 20.1. The van der Waals surface area contributed by atoms with Gasteiger partial charge in [0.2, 0.25) is 5.91 Å². The zero-order valence-electron chi connectivity index (χ0n) is 17.3. The molecule has 0 bridgehead atoms. The van der Waals surface area contributed by atoms with Gasteiger partial charge in [0, 0.05) is 56.6 Å². The fourth-order valence-electron chi connectivity index (χ4n) is 4.48. The molecule has 0 saturated carbocycles. The number of nitrogens with zero attached hydrogens (tertiary/aromatic N) is 4. The Labute approximate surface area is 184 Å². The van der Waals surface area contributed by atoms with Gasteiger partial charge in [-0.3, -0.25) is 19.5 Å². The van der Waals surface area contributed by atoms with E-state index in [0.717, 1.165) is 47.7 Å². The molecule has 5 heterocycles. The van der Waals surface area contributed by atoms with E-state index < -0.39 is 0 Å². The minimum Gasteiger partial charge on any atom is -0.342 e. The second-order valence-electron chi connectivity index (χ2n) is 8.33. The van der Waals surface area contributed by atoms with E-state index in [9.17, 15) is 9.59 Å². The van der Waals surface area contributed by atoms with Crippen LogP contribution in [0.2, 0.25) is 0 Å². The van der Waals surface area contributed by atoms with Crippen LogP contribution in [-0.4, -0.2) is 50.3 Å². The molecule has 2 aliphatic rings. The lowest BCUT2D eigenvalue weighted by atomic mass is 10.0. The number of likely N-dealkylation sites (tertiary alicyclic amines) is 1. The second kappa shape index (κ2) is 8.72. The fourth-order valence-corrected chi connectivity index (χ4v) is 5.15. The number of aromatic amines is 1. The molecule has 1 atom stereocenters. The summed E-state index contributed by atoms with van der Waals surface area (Å²) in [6.45, 7) is 3.62. The van der Waals surface area contributed by atoms with Crippen molar-refractivity contribution in [1.29, 1.82) is 0 Å². The summed E-state index contributed by atoms with van der Waals surface area (Å²) in [6.07, 6.45) is 5.63. The summed E-state index contributed by atoms with van der Waals surface area (Å²) < 4.78 is 0. The summed E-state index contributed by atoms with van der Waals surface area (Å²) in [4.78, 5) is 41.6. The van der Waals surface area contributed by atoms with Crippen molar-refractivity contribution in [3.63, 3.8) is 0 Å². The predicted molar refractivity (Wildman–Crippen MR) is 119 cm³/mol. The molecule has 1 N–H and O–H groups in total. The van der Waals surface area contributed by atoms with Gasteiger partial charge in [0.15, 0.2) is 0 Å². The standard InChI is InChI=1S/C23H25N5O2S/c29-21(10-16-5-9-31-15-16)28-8-3-18(13-28)22-25-20-14-27(7-4-19(20)23(30)26-22)12-17-2-1-6-24-11-17/h1-2,5-6,9,11,15,18H,3-4,7-8,10,12-14H2,(H,25,26,30)/t18-/m0/s1. The van der Waals surface area contributed by atoms with Gasteiger partial charge in [-0.2, -0.15) is 11.3 Å². The molecule has 0 radical (unpaired) electrons. The highest BCUT2D eigenvalue weighted by molar-refractivity contribution is 7.08. The van der Waals surface area contributed by atoms with Crippen LogP contribution in [0.3, 0.4) is 0 Å². The molecule has 8 heteroatoms.